The minimum absolute atomic E-state index is 0.193. The van der Waals surface area contributed by atoms with Crippen LogP contribution in [-0.4, -0.2) is 11.9 Å². The molecule has 5 atom stereocenters. The molecule has 98 valence electrons. The Bertz CT molecular complexity index is 460. The highest BCUT2D eigenvalue weighted by Crippen LogP contribution is 2.58. The molecule has 1 aliphatic heterocycles. The first-order valence-corrected chi connectivity index (χ1v) is 6.86. The molecule has 0 radical (unpaired) electrons. The van der Waals surface area contributed by atoms with Gasteiger partial charge in [0.1, 0.15) is 0 Å². The largest absolute Gasteiger partial charge is 0.393 e. The van der Waals surface area contributed by atoms with Crippen molar-refractivity contribution in [1.82, 2.24) is 0 Å². The average Bonchev–Trinajstić information content (AvgIpc) is 2.61. The molecule has 2 bridgehead atoms. The molecule has 0 aromatic rings. The van der Waals surface area contributed by atoms with Gasteiger partial charge in [-0.1, -0.05) is 25.0 Å². The number of carbonyl (C=O) groups is 2. The SMILES string of the molecule is CC1=C(C)C2C(C(C)C)CC1C1C(=O)OC(=O)C12. The summed E-state index contributed by atoms with van der Waals surface area (Å²) in [6, 6.07) is 0. The lowest BCUT2D eigenvalue weighted by Gasteiger charge is -2.50. The van der Waals surface area contributed by atoms with Gasteiger partial charge in [-0.2, -0.15) is 0 Å². The minimum Gasteiger partial charge on any atom is -0.393 e. The van der Waals surface area contributed by atoms with E-state index in [1.165, 1.54) is 11.1 Å². The summed E-state index contributed by atoms with van der Waals surface area (Å²) < 4.78 is 4.91. The van der Waals surface area contributed by atoms with E-state index in [4.69, 9.17) is 4.74 Å². The van der Waals surface area contributed by atoms with E-state index in [9.17, 15) is 9.59 Å². The fourth-order valence-corrected chi connectivity index (χ4v) is 4.44. The maximum Gasteiger partial charge on any atom is 0.318 e. The number of cyclic esters (lactones) is 2. The second-order valence-corrected chi connectivity index (χ2v) is 6.43. The first kappa shape index (κ1) is 11.9. The van der Waals surface area contributed by atoms with Crippen molar-refractivity contribution >= 4 is 11.9 Å². The van der Waals surface area contributed by atoms with Crippen molar-refractivity contribution in [3.8, 4) is 0 Å². The quantitative estimate of drug-likeness (QED) is 0.407. The Morgan fingerprint density at radius 1 is 1.00 bits per heavy atom. The van der Waals surface area contributed by atoms with Crippen molar-refractivity contribution in [2.45, 2.75) is 34.1 Å². The molecular weight excluding hydrogens is 228 g/mol. The molecule has 4 rings (SSSR count). The zero-order chi connectivity index (χ0) is 13.2. The monoisotopic (exact) mass is 248 g/mol. The van der Waals surface area contributed by atoms with Crippen LogP contribution < -0.4 is 0 Å². The third-order valence-electron chi connectivity index (χ3n) is 5.47. The molecule has 3 nitrogen and oxygen atoms in total. The summed E-state index contributed by atoms with van der Waals surface area (Å²) in [4.78, 5) is 23.8. The summed E-state index contributed by atoms with van der Waals surface area (Å²) in [5, 5.41) is 0. The predicted octanol–water partition coefficient (Wildman–Crippen LogP) is 2.56. The fourth-order valence-electron chi connectivity index (χ4n) is 4.44. The smallest absolute Gasteiger partial charge is 0.318 e. The lowest BCUT2D eigenvalue weighted by atomic mass is 9.52. The molecule has 5 unspecified atom stereocenters. The van der Waals surface area contributed by atoms with Crippen LogP contribution in [0.3, 0.4) is 0 Å². The fraction of sp³-hybridized carbons (Fsp3) is 0.733. The molecule has 0 spiro atoms. The molecular formula is C15H20O3. The number of hydrogen-bond donors (Lipinski definition) is 0. The van der Waals surface area contributed by atoms with E-state index >= 15 is 0 Å². The Balaban J connectivity index is 2.10. The maximum atomic E-state index is 12.0. The first-order valence-electron chi connectivity index (χ1n) is 6.86. The molecule has 4 aliphatic rings. The standard InChI is InChI=1S/C15H20O3/c1-6(2)9-5-10-7(3)8(4)11(9)13-12(10)14(16)18-15(13)17/h6,9-13H,5H2,1-4H3. The molecule has 2 fully saturated rings. The Morgan fingerprint density at radius 2 is 1.61 bits per heavy atom. The van der Waals surface area contributed by atoms with Crippen LogP contribution in [0, 0.1) is 35.5 Å². The van der Waals surface area contributed by atoms with Crippen LogP contribution in [0.1, 0.15) is 34.1 Å². The molecule has 1 saturated heterocycles. The third kappa shape index (κ3) is 1.30. The number of ether oxygens (including phenoxy) is 1. The van der Waals surface area contributed by atoms with Gasteiger partial charge in [-0.05, 0) is 43.9 Å². The lowest BCUT2D eigenvalue weighted by Crippen LogP contribution is -2.48. The predicted molar refractivity (Wildman–Crippen MR) is 66.4 cm³/mol. The summed E-state index contributed by atoms with van der Waals surface area (Å²) in [6.45, 7) is 8.68. The van der Waals surface area contributed by atoms with Gasteiger partial charge in [0.05, 0.1) is 11.8 Å². The van der Waals surface area contributed by atoms with Gasteiger partial charge < -0.3 is 4.74 Å². The van der Waals surface area contributed by atoms with Gasteiger partial charge in [0.15, 0.2) is 0 Å². The van der Waals surface area contributed by atoms with Crippen molar-refractivity contribution in [2.24, 2.45) is 35.5 Å². The molecule has 0 aromatic carbocycles. The summed E-state index contributed by atoms with van der Waals surface area (Å²) in [5.74, 6) is 0.550. The Kier molecular flexibility index (Phi) is 2.45. The first-order chi connectivity index (χ1) is 8.43. The molecule has 18 heavy (non-hydrogen) atoms. The number of carbonyl (C=O) groups excluding carboxylic acids is 2. The number of hydrogen-bond acceptors (Lipinski definition) is 3. The topological polar surface area (TPSA) is 43.4 Å². The van der Waals surface area contributed by atoms with Crippen LogP contribution in [-0.2, 0) is 14.3 Å². The molecule has 3 heteroatoms. The van der Waals surface area contributed by atoms with E-state index in [1.54, 1.807) is 0 Å². The van der Waals surface area contributed by atoms with Crippen LogP contribution in [0.5, 0.6) is 0 Å². The third-order valence-corrected chi connectivity index (χ3v) is 5.47. The van der Waals surface area contributed by atoms with Crippen molar-refractivity contribution in [2.75, 3.05) is 0 Å². The molecule has 0 aromatic heterocycles. The van der Waals surface area contributed by atoms with Crippen molar-refractivity contribution in [3.63, 3.8) is 0 Å². The summed E-state index contributed by atoms with van der Waals surface area (Å²) >= 11 is 0. The highest BCUT2D eigenvalue weighted by molar-refractivity contribution is 5.98. The minimum atomic E-state index is -0.283. The van der Waals surface area contributed by atoms with Crippen molar-refractivity contribution < 1.29 is 14.3 Å². The van der Waals surface area contributed by atoms with Gasteiger partial charge in [0, 0.05) is 0 Å². The van der Waals surface area contributed by atoms with Crippen LogP contribution in [0.15, 0.2) is 11.1 Å². The molecule has 0 amide bonds. The zero-order valence-electron chi connectivity index (χ0n) is 11.4. The number of esters is 2. The number of fused-ring (bicyclic) bond motifs is 1. The van der Waals surface area contributed by atoms with E-state index in [-0.39, 0.29) is 35.6 Å². The number of rotatable bonds is 1. The summed E-state index contributed by atoms with van der Waals surface area (Å²) in [7, 11) is 0. The van der Waals surface area contributed by atoms with Gasteiger partial charge in [0.25, 0.3) is 0 Å². The second kappa shape index (κ2) is 3.69. The molecule has 3 aliphatic carbocycles. The van der Waals surface area contributed by atoms with Crippen molar-refractivity contribution in [3.05, 3.63) is 11.1 Å². The molecule has 1 saturated carbocycles. The number of allylic oxidation sites excluding steroid dienone is 2. The van der Waals surface area contributed by atoms with Gasteiger partial charge >= 0.3 is 11.9 Å². The van der Waals surface area contributed by atoms with E-state index < -0.39 is 0 Å². The lowest BCUT2D eigenvalue weighted by molar-refractivity contribution is -0.154. The highest BCUT2D eigenvalue weighted by atomic mass is 16.6. The van der Waals surface area contributed by atoms with Crippen LogP contribution >= 0.6 is 0 Å². The van der Waals surface area contributed by atoms with Gasteiger partial charge in [-0.3, -0.25) is 9.59 Å². The highest BCUT2D eigenvalue weighted by Gasteiger charge is 2.61. The normalized spacial score (nSPS) is 42.6. The van der Waals surface area contributed by atoms with E-state index in [1.807, 2.05) is 0 Å². The van der Waals surface area contributed by atoms with Gasteiger partial charge in [-0.25, -0.2) is 0 Å². The summed E-state index contributed by atoms with van der Waals surface area (Å²) in [5.41, 5.74) is 2.66. The maximum absolute atomic E-state index is 12.0. The van der Waals surface area contributed by atoms with Gasteiger partial charge in [-0.15, -0.1) is 0 Å². The summed E-state index contributed by atoms with van der Waals surface area (Å²) in [6.07, 6.45) is 1.04. The van der Waals surface area contributed by atoms with Crippen LogP contribution in [0.2, 0.25) is 0 Å². The Labute approximate surface area is 108 Å². The Hall–Kier alpha value is -1.12. The second-order valence-electron chi connectivity index (χ2n) is 6.43. The van der Waals surface area contributed by atoms with Crippen LogP contribution in [0.25, 0.3) is 0 Å². The average molecular weight is 248 g/mol. The van der Waals surface area contributed by atoms with Gasteiger partial charge in [0.2, 0.25) is 0 Å². The van der Waals surface area contributed by atoms with E-state index in [2.05, 4.69) is 27.7 Å². The van der Waals surface area contributed by atoms with E-state index in [0.29, 0.717) is 11.8 Å². The zero-order valence-corrected chi connectivity index (χ0v) is 11.4. The van der Waals surface area contributed by atoms with Crippen molar-refractivity contribution in [1.29, 1.82) is 0 Å². The molecule has 0 N–H and O–H groups in total. The molecule has 1 heterocycles. The van der Waals surface area contributed by atoms with Crippen LogP contribution in [0.4, 0.5) is 0 Å². The van der Waals surface area contributed by atoms with E-state index in [0.717, 1.165) is 6.42 Å². The Morgan fingerprint density at radius 3 is 2.22 bits per heavy atom.